The van der Waals surface area contributed by atoms with Gasteiger partial charge in [0.1, 0.15) is 5.71 Å². The van der Waals surface area contributed by atoms with Crippen molar-refractivity contribution in [3.63, 3.8) is 0 Å². The van der Waals surface area contributed by atoms with Crippen molar-refractivity contribution in [1.29, 1.82) is 0 Å². The summed E-state index contributed by atoms with van der Waals surface area (Å²) >= 11 is 9.70. The largest absolute Gasteiger partial charge is 2.00 e. The van der Waals surface area contributed by atoms with E-state index in [1.807, 2.05) is 0 Å². The smallest absolute Gasteiger partial charge is 0.741 e. The van der Waals surface area contributed by atoms with Crippen LogP contribution < -0.4 is 10.6 Å². The molecule has 0 atom stereocenters. The first-order valence-electron chi connectivity index (χ1n) is 8.41. The van der Waals surface area contributed by atoms with Gasteiger partial charge in [0.15, 0.2) is 5.41 Å². The third-order valence-electron chi connectivity index (χ3n) is 4.17. The number of nitrogens with zero attached hydrogens (tertiary/aromatic N) is 4. The van der Waals surface area contributed by atoms with Gasteiger partial charge < -0.3 is 35.9 Å². The fraction of sp³-hybridized carbons (Fsp3) is 0.412. The first kappa shape index (κ1) is 30.0. The van der Waals surface area contributed by atoms with E-state index in [1.54, 1.807) is 0 Å². The van der Waals surface area contributed by atoms with Gasteiger partial charge in [-0.05, 0) is 29.7 Å². The van der Waals surface area contributed by atoms with Crippen LogP contribution in [-0.2, 0) is 47.7 Å². The number of rotatable bonds is 5. The molecule has 181 valence electrons. The molecular weight excluding hydrogens is 530 g/mol. The number of amidine groups is 2. The van der Waals surface area contributed by atoms with E-state index in [2.05, 4.69) is 31.0 Å². The van der Waals surface area contributed by atoms with Crippen LogP contribution in [0, 0.1) is 0 Å². The van der Waals surface area contributed by atoms with E-state index in [9.17, 15) is 26.3 Å². The van der Waals surface area contributed by atoms with Crippen molar-refractivity contribution >= 4 is 47.0 Å². The number of benzene rings is 1. The van der Waals surface area contributed by atoms with E-state index in [4.69, 9.17) is 25.3 Å². The summed E-state index contributed by atoms with van der Waals surface area (Å²) < 4.78 is 79.8. The molecule has 0 aliphatic heterocycles. The van der Waals surface area contributed by atoms with E-state index in [0.717, 1.165) is 24.3 Å². The third-order valence-corrected chi connectivity index (χ3v) is 4.74. The molecule has 1 rings (SSSR count). The Morgan fingerprint density at radius 2 is 1.19 bits per heavy atom. The molecule has 0 saturated carbocycles. The number of nitrogens with one attached hydrogen (secondary N) is 2. The standard InChI is InChI=1S/C17H20F6N6S2.Cu/c1-9(26-28-13(30)24-3)12(27-29-14(31)25-4)10-5-7-11(8-6-10)15(2,16(18,19)20)17(21,22)23;/h5-8H,1-4H3,(H2,24,28,30)(H2,25,29,31);/q;+2/p-2. The molecule has 1 aromatic rings. The van der Waals surface area contributed by atoms with Crippen molar-refractivity contribution in [1.82, 2.24) is 10.6 Å². The molecule has 0 heterocycles. The van der Waals surface area contributed by atoms with E-state index in [1.165, 1.54) is 21.0 Å². The molecule has 0 saturated heterocycles. The van der Waals surface area contributed by atoms with Gasteiger partial charge in [0.2, 0.25) is 0 Å². The Morgan fingerprint density at radius 3 is 1.56 bits per heavy atom. The molecule has 6 nitrogen and oxygen atoms in total. The van der Waals surface area contributed by atoms with E-state index < -0.39 is 23.3 Å². The average molecular weight is 548 g/mol. The Balaban J connectivity index is 0.00000961. The Kier molecular flexibility index (Phi) is 11.1. The number of hydrogen-bond donors (Lipinski definition) is 2. The Labute approximate surface area is 202 Å². The van der Waals surface area contributed by atoms with Crippen LogP contribution in [0.3, 0.4) is 0 Å². The molecule has 0 aliphatic carbocycles. The van der Waals surface area contributed by atoms with Crippen LogP contribution in [0.15, 0.2) is 44.7 Å². The predicted molar refractivity (Wildman–Crippen MR) is 113 cm³/mol. The molecule has 1 radical (unpaired) electrons. The summed E-state index contributed by atoms with van der Waals surface area (Å²) in [5, 5.41) is 20.3. The van der Waals surface area contributed by atoms with Crippen molar-refractivity contribution in [3.8, 4) is 0 Å². The topological polar surface area (TPSA) is 73.5 Å². The second kappa shape index (κ2) is 11.8. The van der Waals surface area contributed by atoms with Gasteiger partial charge in [0.25, 0.3) is 0 Å². The minimum absolute atomic E-state index is 0. The van der Waals surface area contributed by atoms with Gasteiger partial charge in [-0.2, -0.15) is 41.6 Å². The van der Waals surface area contributed by atoms with E-state index in [0.29, 0.717) is 0 Å². The van der Waals surface area contributed by atoms with Gasteiger partial charge >= 0.3 is 29.4 Å². The summed E-state index contributed by atoms with van der Waals surface area (Å²) in [6.07, 6.45) is -11.1. The molecule has 15 heteroatoms. The van der Waals surface area contributed by atoms with Crippen LogP contribution in [-0.4, -0.2) is 48.2 Å². The summed E-state index contributed by atoms with van der Waals surface area (Å²) in [6, 6.07) is 3.56. The molecule has 0 aliphatic rings. The molecule has 0 bridgehead atoms. The van der Waals surface area contributed by atoms with Crippen LogP contribution in [0.1, 0.15) is 25.0 Å². The van der Waals surface area contributed by atoms with E-state index in [-0.39, 0.29) is 51.3 Å². The Morgan fingerprint density at radius 1 is 0.781 bits per heavy atom. The summed E-state index contributed by atoms with van der Waals surface area (Å²) in [5.41, 5.74) is -4.72. The van der Waals surface area contributed by atoms with Crippen molar-refractivity contribution in [3.05, 3.63) is 35.4 Å². The zero-order valence-electron chi connectivity index (χ0n) is 17.0. The second-order valence-electron chi connectivity index (χ2n) is 6.14. The number of alkyl halides is 6. The van der Waals surface area contributed by atoms with Crippen LogP contribution in [0.4, 0.5) is 26.3 Å². The first-order chi connectivity index (χ1) is 14.2. The maximum Gasteiger partial charge on any atom is 2.00 e. The minimum Gasteiger partial charge on any atom is -0.741 e. The predicted octanol–water partition coefficient (Wildman–Crippen LogP) is 3.39. The summed E-state index contributed by atoms with van der Waals surface area (Å²) in [7, 11) is 3.01. The maximum atomic E-state index is 13.3. The second-order valence-corrected chi connectivity index (χ2v) is 6.92. The van der Waals surface area contributed by atoms with Gasteiger partial charge in [-0.3, -0.25) is 0 Å². The molecular formula is C17H18CuF6N6S2. The Hall–Kier alpha value is -1.96. The van der Waals surface area contributed by atoms with Crippen molar-refractivity contribution in [2.45, 2.75) is 31.6 Å². The van der Waals surface area contributed by atoms with Crippen molar-refractivity contribution in [2.24, 2.45) is 20.4 Å². The first-order valence-corrected chi connectivity index (χ1v) is 9.22. The SMILES string of the molecule is CNC([S-])=NN=C(C)C(=NN=C([S-])NC)c1ccc(C(C)(C(F)(F)F)C(F)(F)F)cc1.[Cu+2]. The summed E-state index contributed by atoms with van der Waals surface area (Å²) in [4.78, 5) is 0. The number of hydrogen-bond acceptors (Lipinski definition) is 6. The Bertz CT molecular complexity index is 880. The molecule has 1 aromatic carbocycles. The molecule has 2 N–H and O–H groups in total. The summed E-state index contributed by atoms with van der Waals surface area (Å²) in [5.74, 6) is 0. The molecule has 0 fully saturated rings. The van der Waals surface area contributed by atoms with Gasteiger partial charge in [0.05, 0.1) is 5.71 Å². The van der Waals surface area contributed by atoms with Crippen molar-refractivity contribution < 1.29 is 43.4 Å². The van der Waals surface area contributed by atoms with E-state index >= 15 is 0 Å². The fourth-order valence-electron chi connectivity index (χ4n) is 2.15. The van der Waals surface area contributed by atoms with Gasteiger partial charge in [-0.15, -0.1) is 5.10 Å². The normalized spacial score (nSPS) is 14.7. The third kappa shape index (κ3) is 7.02. The molecule has 0 unspecified atom stereocenters. The van der Waals surface area contributed by atoms with Crippen LogP contribution in [0.5, 0.6) is 0 Å². The quantitative estimate of drug-likeness (QED) is 0.148. The molecule has 0 amide bonds. The van der Waals surface area contributed by atoms with Crippen LogP contribution in [0.25, 0.3) is 0 Å². The average Bonchev–Trinajstić information content (AvgIpc) is 2.69. The monoisotopic (exact) mass is 547 g/mol. The fourth-order valence-corrected chi connectivity index (χ4v) is 2.23. The van der Waals surface area contributed by atoms with Gasteiger partial charge in [-0.1, -0.05) is 24.3 Å². The zero-order valence-corrected chi connectivity index (χ0v) is 19.6. The van der Waals surface area contributed by atoms with Gasteiger partial charge in [-0.25, -0.2) is 0 Å². The van der Waals surface area contributed by atoms with Crippen LogP contribution >= 0.6 is 0 Å². The summed E-state index contributed by atoms with van der Waals surface area (Å²) in [6.45, 7) is 1.55. The molecule has 0 aromatic heterocycles. The zero-order chi connectivity index (χ0) is 24.0. The minimum atomic E-state index is -5.56. The van der Waals surface area contributed by atoms with Crippen molar-refractivity contribution in [2.75, 3.05) is 14.1 Å². The number of halogens is 6. The molecule has 32 heavy (non-hydrogen) atoms. The molecule has 0 spiro atoms. The maximum absolute atomic E-state index is 13.3. The van der Waals surface area contributed by atoms with Gasteiger partial charge in [0, 0.05) is 19.7 Å². The van der Waals surface area contributed by atoms with Crippen LogP contribution in [0.2, 0.25) is 0 Å².